The molecular formula is C21H26F3NO2. The first-order valence-corrected chi connectivity index (χ1v) is 9.68. The van der Waals surface area contributed by atoms with E-state index in [-0.39, 0.29) is 17.2 Å². The summed E-state index contributed by atoms with van der Waals surface area (Å²) >= 11 is 0. The molecule has 2 fully saturated rings. The van der Waals surface area contributed by atoms with Crippen molar-refractivity contribution in [1.82, 2.24) is 0 Å². The van der Waals surface area contributed by atoms with Crippen LogP contribution in [-0.2, 0) is 4.74 Å². The van der Waals surface area contributed by atoms with E-state index < -0.39 is 17.9 Å². The molecule has 1 aromatic carbocycles. The number of halogens is 3. The van der Waals surface area contributed by atoms with Gasteiger partial charge in [0, 0.05) is 12.6 Å². The number of rotatable bonds is 3. The van der Waals surface area contributed by atoms with E-state index in [1.807, 2.05) is 0 Å². The lowest BCUT2D eigenvalue weighted by molar-refractivity contribution is -0.0581. The lowest BCUT2D eigenvalue weighted by Crippen LogP contribution is -2.35. The third-order valence-electron chi connectivity index (χ3n) is 5.97. The molecule has 0 saturated heterocycles. The van der Waals surface area contributed by atoms with Crippen molar-refractivity contribution < 1.29 is 22.7 Å². The Balaban J connectivity index is 1.64. The third-order valence-corrected chi connectivity index (χ3v) is 5.97. The van der Waals surface area contributed by atoms with Gasteiger partial charge in [-0.15, -0.1) is 0 Å². The number of hydrogen-bond acceptors (Lipinski definition) is 3. The zero-order valence-corrected chi connectivity index (χ0v) is 15.6. The summed E-state index contributed by atoms with van der Waals surface area (Å²) < 4.78 is 44.5. The average molecular weight is 381 g/mol. The summed E-state index contributed by atoms with van der Waals surface area (Å²) in [4.78, 5) is 15.8. The normalized spacial score (nSPS) is 23.3. The lowest BCUT2D eigenvalue weighted by atomic mass is 9.65. The van der Waals surface area contributed by atoms with Crippen LogP contribution < -0.4 is 0 Å². The Hall–Kier alpha value is -1.85. The number of esters is 1. The third kappa shape index (κ3) is 4.71. The van der Waals surface area contributed by atoms with Crippen LogP contribution in [0.3, 0.4) is 0 Å². The Bertz CT molecular complexity index is 683. The van der Waals surface area contributed by atoms with Gasteiger partial charge in [0.1, 0.15) is 11.8 Å². The van der Waals surface area contributed by atoms with E-state index in [0.717, 1.165) is 26.3 Å². The smallest absolute Gasteiger partial charge is 0.433 e. The van der Waals surface area contributed by atoms with Crippen LogP contribution in [0.4, 0.5) is 13.2 Å². The maximum atomic E-state index is 12.9. The topological polar surface area (TPSA) is 38.7 Å². The Morgan fingerprint density at radius 2 is 1.63 bits per heavy atom. The SMILES string of the molecule is CN=C(c1ccc(C(=O)OC2CCCC3(CCCCC3)C2)cc1)C(F)(F)F. The van der Waals surface area contributed by atoms with E-state index in [9.17, 15) is 18.0 Å². The van der Waals surface area contributed by atoms with Gasteiger partial charge < -0.3 is 4.74 Å². The Kier molecular flexibility index (Phi) is 5.92. The molecule has 0 N–H and O–H groups in total. The summed E-state index contributed by atoms with van der Waals surface area (Å²) in [7, 11) is 1.11. The number of nitrogens with zero attached hydrogens (tertiary/aromatic N) is 1. The van der Waals surface area contributed by atoms with Gasteiger partial charge >= 0.3 is 12.1 Å². The highest BCUT2D eigenvalue weighted by Gasteiger charge is 2.39. The van der Waals surface area contributed by atoms with Crippen LogP contribution in [0.15, 0.2) is 29.3 Å². The van der Waals surface area contributed by atoms with Gasteiger partial charge in [-0.1, -0.05) is 31.4 Å². The Morgan fingerprint density at radius 3 is 2.22 bits per heavy atom. The minimum absolute atomic E-state index is 0.0552. The molecule has 0 radical (unpaired) electrons. The molecule has 0 aliphatic heterocycles. The summed E-state index contributed by atoms with van der Waals surface area (Å²) in [6.45, 7) is 0. The van der Waals surface area contributed by atoms with Gasteiger partial charge in [-0.05, 0) is 56.1 Å². The van der Waals surface area contributed by atoms with Crippen molar-refractivity contribution in [2.75, 3.05) is 7.05 Å². The molecule has 3 rings (SSSR count). The van der Waals surface area contributed by atoms with E-state index in [1.165, 1.54) is 62.8 Å². The van der Waals surface area contributed by atoms with E-state index >= 15 is 0 Å². The highest BCUT2D eigenvalue weighted by Crippen LogP contribution is 2.48. The van der Waals surface area contributed by atoms with E-state index in [4.69, 9.17) is 4.74 Å². The fourth-order valence-electron chi connectivity index (χ4n) is 4.65. The highest BCUT2D eigenvalue weighted by atomic mass is 19.4. The molecule has 148 valence electrons. The van der Waals surface area contributed by atoms with Crippen molar-refractivity contribution in [2.45, 2.75) is 70.1 Å². The summed E-state index contributed by atoms with van der Waals surface area (Å²) in [5, 5.41) is 0. The van der Waals surface area contributed by atoms with Gasteiger partial charge in [0.15, 0.2) is 0 Å². The first-order valence-electron chi connectivity index (χ1n) is 9.68. The molecule has 0 aromatic heterocycles. The molecule has 0 amide bonds. The predicted molar refractivity (Wildman–Crippen MR) is 98.1 cm³/mol. The standard InChI is InChI=1S/C21H26F3NO2/c1-25-18(21(22,23)24)15-7-9-16(10-8-15)19(26)27-17-6-5-13-20(14-17)11-3-2-4-12-20/h7-10,17H,2-6,11-14H2,1H3. The fourth-order valence-corrected chi connectivity index (χ4v) is 4.65. The molecular weight excluding hydrogens is 355 g/mol. The summed E-state index contributed by atoms with van der Waals surface area (Å²) in [6, 6.07) is 5.31. The quantitative estimate of drug-likeness (QED) is 0.496. The van der Waals surface area contributed by atoms with Crippen molar-refractivity contribution in [1.29, 1.82) is 0 Å². The molecule has 0 bridgehead atoms. The van der Waals surface area contributed by atoms with Crippen LogP contribution in [0.25, 0.3) is 0 Å². The van der Waals surface area contributed by atoms with Crippen LogP contribution in [0, 0.1) is 5.41 Å². The number of ether oxygens (including phenoxy) is 1. The lowest BCUT2D eigenvalue weighted by Gasteiger charge is -2.43. The second-order valence-corrected chi connectivity index (χ2v) is 7.83. The van der Waals surface area contributed by atoms with Gasteiger partial charge in [0.2, 0.25) is 0 Å². The van der Waals surface area contributed by atoms with Crippen molar-refractivity contribution in [3.63, 3.8) is 0 Å². The van der Waals surface area contributed by atoms with Crippen molar-refractivity contribution in [2.24, 2.45) is 10.4 Å². The van der Waals surface area contributed by atoms with E-state index in [0.29, 0.717) is 5.41 Å². The highest BCUT2D eigenvalue weighted by molar-refractivity contribution is 6.05. The van der Waals surface area contributed by atoms with Gasteiger partial charge in [-0.3, -0.25) is 4.99 Å². The van der Waals surface area contributed by atoms with E-state index in [2.05, 4.69) is 4.99 Å². The van der Waals surface area contributed by atoms with Crippen LogP contribution in [0.5, 0.6) is 0 Å². The molecule has 0 heterocycles. The molecule has 1 atom stereocenters. The van der Waals surface area contributed by atoms with Crippen molar-refractivity contribution in [3.05, 3.63) is 35.4 Å². The summed E-state index contributed by atoms with van der Waals surface area (Å²) in [6.07, 6.45) is 5.68. The number of benzene rings is 1. The first-order chi connectivity index (χ1) is 12.8. The summed E-state index contributed by atoms with van der Waals surface area (Å²) in [5.74, 6) is -0.457. The second kappa shape index (κ2) is 8.03. The molecule has 27 heavy (non-hydrogen) atoms. The van der Waals surface area contributed by atoms with Crippen LogP contribution in [0.2, 0.25) is 0 Å². The Morgan fingerprint density at radius 1 is 1.04 bits per heavy atom. The monoisotopic (exact) mass is 381 g/mol. The molecule has 2 aliphatic rings. The van der Waals surface area contributed by atoms with E-state index in [1.54, 1.807) is 0 Å². The number of hydrogen-bond donors (Lipinski definition) is 0. The molecule has 2 saturated carbocycles. The number of carbonyl (C=O) groups is 1. The molecule has 6 heteroatoms. The maximum Gasteiger partial charge on any atom is 0.433 e. The predicted octanol–water partition coefficient (Wildman–Crippen LogP) is 5.72. The minimum Gasteiger partial charge on any atom is -0.459 e. The second-order valence-electron chi connectivity index (χ2n) is 7.83. The minimum atomic E-state index is -4.52. The zero-order valence-electron chi connectivity index (χ0n) is 15.6. The molecule has 1 aromatic rings. The van der Waals surface area contributed by atoms with Gasteiger partial charge in [-0.2, -0.15) is 13.2 Å². The van der Waals surface area contributed by atoms with Crippen LogP contribution in [0.1, 0.15) is 73.7 Å². The Labute approximate surface area is 158 Å². The molecule has 1 unspecified atom stereocenters. The van der Waals surface area contributed by atoms with Crippen LogP contribution in [-0.4, -0.2) is 31.0 Å². The van der Waals surface area contributed by atoms with Gasteiger partial charge in [-0.25, -0.2) is 4.79 Å². The number of carbonyl (C=O) groups excluding carboxylic acids is 1. The molecule has 1 spiro atoms. The average Bonchev–Trinajstić information content (AvgIpc) is 2.62. The molecule has 3 nitrogen and oxygen atoms in total. The zero-order chi connectivity index (χ0) is 19.5. The fraction of sp³-hybridized carbons (Fsp3) is 0.619. The first kappa shape index (κ1) is 19.9. The van der Waals surface area contributed by atoms with Crippen LogP contribution >= 0.6 is 0 Å². The summed E-state index contributed by atoms with van der Waals surface area (Å²) in [5.41, 5.74) is -0.404. The van der Waals surface area contributed by atoms with Gasteiger partial charge in [0.05, 0.1) is 5.56 Å². The van der Waals surface area contributed by atoms with Crippen molar-refractivity contribution in [3.8, 4) is 0 Å². The maximum absolute atomic E-state index is 12.9. The molecule has 2 aliphatic carbocycles. The van der Waals surface area contributed by atoms with Crippen molar-refractivity contribution >= 4 is 11.7 Å². The largest absolute Gasteiger partial charge is 0.459 e. The number of aliphatic imine (C=N–C) groups is 1. The van der Waals surface area contributed by atoms with Gasteiger partial charge in [0.25, 0.3) is 0 Å². The number of alkyl halides is 3.